The number of carbonyl (C=O) groups excluding carboxylic acids is 1. The summed E-state index contributed by atoms with van der Waals surface area (Å²) in [6, 6.07) is 13.6. The van der Waals surface area contributed by atoms with Crippen molar-refractivity contribution >= 4 is 23.5 Å². The molecule has 0 heterocycles. The number of fused-ring (bicyclic) bond motifs is 5. The Morgan fingerprint density at radius 1 is 1.14 bits per heavy atom. The molecule has 0 bridgehead atoms. The highest BCUT2D eigenvalue weighted by molar-refractivity contribution is 6.30. The lowest BCUT2D eigenvalue weighted by molar-refractivity contribution is -0.127. The normalized spacial score (nSPS) is 32.7. The second kappa shape index (κ2) is 6.49. The van der Waals surface area contributed by atoms with Gasteiger partial charge in [0.25, 0.3) is 0 Å². The van der Waals surface area contributed by atoms with Crippen LogP contribution in [0.4, 0.5) is 0 Å². The lowest BCUT2D eigenvalue weighted by Crippen LogP contribution is -2.42. The molecule has 144 valence electrons. The number of phenolic OH excluding ortho intramolecular Hbond substituents is 1. The minimum atomic E-state index is -0.228. The van der Waals surface area contributed by atoms with Crippen LogP contribution in [0.15, 0.2) is 48.0 Å². The van der Waals surface area contributed by atoms with Crippen molar-refractivity contribution in [3.8, 4) is 5.75 Å². The van der Waals surface area contributed by atoms with Crippen LogP contribution in [0.5, 0.6) is 5.75 Å². The molecule has 0 unspecified atom stereocenters. The van der Waals surface area contributed by atoms with Gasteiger partial charge in [-0.05, 0) is 102 Å². The molecule has 0 saturated heterocycles. The maximum absolute atomic E-state index is 13.4. The summed E-state index contributed by atoms with van der Waals surface area (Å²) in [5.41, 5.74) is 4.50. The molecule has 2 aromatic carbocycles. The van der Waals surface area contributed by atoms with Crippen molar-refractivity contribution < 1.29 is 9.90 Å². The van der Waals surface area contributed by atoms with E-state index in [1.165, 1.54) is 11.1 Å². The SMILES string of the molecule is C[C@]12CC[C@@H]3c4ccc(O)cc4CC[C@@H]3[C@H]1C/C(=C/c1ccc(Cl)cc1)C2=O. The highest BCUT2D eigenvalue weighted by Gasteiger charge is 2.56. The molecule has 4 atom stereocenters. The number of rotatable bonds is 1. The Hall–Kier alpha value is -2.06. The fraction of sp³-hybridized carbons (Fsp3) is 0.400. The van der Waals surface area contributed by atoms with Crippen molar-refractivity contribution in [2.75, 3.05) is 0 Å². The largest absolute Gasteiger partial charge is 0.508 e. The van der Waals surface area contributed by atoms with Gasteiger partial charge in [-0.3, -0.25) is 4.79 Å². The average Bonchev–Trinajstić information content (AvgIpc) is 2.94. The molecule has 2 saturated carbocycles. The molecule has 3 heteroatoms. The van der Waals surface area contributed by atoms with Crippen molar-refractivity contribution in [2.24, 2.45) is 17.3 Å². The molecule has 28 heavy (non-hydrogen) atoms. The molecular weight excluding hydrogens is 368 g/mol. The Bertz CT molecular complexity index is 975. The average molecular weight is 393 g/mol. The Labute approximate surface area is 171 Å². The molecule has 5 rings (SSSR count). The highest BCUT2D eigenvalue weighted by Crippen LogP contribution is 2.60. The second-order valence-electron chi connectivity index (χ2n) is 9.01. The summed E-state index contributed by atoms with van der Waals surface area (Å²) in [4.78, 5) is 13.4. The summed E-state index contributed by atoms with van der Waals surface area (Å²) in [6.45, 7) is 2.20. The molecule has 2 aromatic rings. The number of hydrogen-bond donors (Lipinski definition) is 1. The fourth-order valence-corrected chi connectivity index (χ4v) is 6.25. The number of halogens is 1. The number of ketones is 1. The standard InChI is InChI=1S/C25H25ClO2/c1-25-11-10-21-20-9-7-19(27)13-16(20)4-8-22(21)23(25)14-17(24(25)28)12-15-2-5-18(26)6-3-15/h2-3,5-7,9,12-13,21-23,27H,4,8,10-11,14H2,1H3/b17-12-/t21-,22+,23-,25+/m1/s1. The first kappa shape index (κ1) is 18.0. The van der Waals surface area contributed by atoms with Gasteiger partial charge in [0.15, 0.2) is 5.78 Å². The number of carbonyl (C=O) groups is 1. The maximum Gasteiger partial charge on any atom is 0.165 e. The third-order valence-electron chi connectivity index (χ3n) is 7.56. The summed E-state index contributed by atoms with van der Waals surface area (Å²) >= 11 is 6.00. The van der Waals surface area contributed by atoms with Gasteiger partial charge >= 0.3 is 0 Å². The first-order valence-electron chi connectivity index (χ1n) is 10.3. The topological polar surface area (TPSA) is 37.3 Å². The molecule has 2 nitrogen and oxygen atoms in total. The van der Waals surface area contributed by atoms with E-state index in [0.717, 1.165) is 48.3 Å². The molecular formula is C25H25ClO2. The maximum atomic E-state index is 13.4. The van der Waals surface area contributed by atoms with Gasteiger partial charge in [-0.25, -0.2) is 0 Å². The zero-order chi connectivity index (χ0) is 19.5. The predicted molar refractivity (Wildman–Crippen MR) is 113 cm³/mol. The number of allylic oxidation sites excluding steroid dienone is 1. The zero-order valence-electron chi connectivity index (χ0n) is 16.1. The minimum Gasteiger partial charge on any atom is -0.508 e. The van der Waals surface area contributed by atoms with Crippen LogP contribution in [-0.2, 0) is 11.2 Å². The van der Waals surface area contributed by atoms with E-state index in [2.05, 4.69) is 19.1 Å². The van der Waals surface area contributed by atoms with Crippen LogP contribution < -0.4 is 0 Å². The van der Waals surface area contributed by atoms with Gasteiger partial charge in [0, 0.05) is 10.4 Å². The molecule has 0 spiro atoms. The molecule has 3 aliphatic rings. The number of benzene rings is 2. The van der Waals surface area contributed by atoms with Gasteiger partial charge < -0.3 is 5.11 Å². The Balaban J connectivity index is 1.48. The van der Waals surface area contributed by atoms with Crippen molar-refractivity contribution in [3.05, 3.63) is 69.8 Å². The van der Waals surface area contributed by atoms with Crippen molar-refractivity contribution in [1.82, 2.24) is 0 Å². The summed E-state index contributed by atoms with van der Waals surface area (Å²) in [5, 5.41) is 10.6. The minimum absolute atomic E-state index is 0.228. The van der Waals surface area contributed by atoms with Gasteiger partial charge in [0.1, 0.15) is 5.75 Å². The lowest BCUT2D eigenvalue weighted by Gasteiger charge is -2.48. The van der Waals surface area contributed by atoms with E-state index in [4.69, 9.17) is 11.6 Å². The molecule has 0 aromatic heterocycles. The first-order valence-corrected chi connectivity index (χ1v) is 10.7. The second-order valence-corrected chi connectivity index (χ2v) is 9.45. The smallest absolute Gasteiger partial charge is 0.165 e. The van der Waals surface area contributed by atoms with E-state index in [0.29, 0.717) is 29.3 Å². The monoisotopic (exact) mass is 392 g/mol. The fourth-order valence-electron chi connectivity index (χ4n) is 6.13. The van der Waals surface area contributed by atoms with Crippen molar-refractivity contribution in [2.45, 2.75) is 44.9 Å². The summed E-state index contributed by atoms with van der Waals surface area (Å²) in [6.07, 6.45) is 7.09. The third kappa shape index (κ3) is 2.73. The Morgan fingerprint density at radius 2 is 1.93 bits per heavy atom. The van der Waals surface area contributed by atoms with Gasteiger partial charge in [-0.15, -0.1) is 0 Å². The van der Waals surface area contributed by atoms with E-state index in [1.54, 1.807) is 0 Å². The van der Waals surface area contributed by atoms with E-state index in [9.17, 15) is 9.90 Å². The Kier molecular flexibility index (Phi) is 4.17. The Morgan fingerprint density at radius 3 is 2.71 bits per heavy atom. The number of phenols is 1. The molecule has 2 fully saturated rings. The van der Waals surface area contributed by atoms with Crippen LogP contribution in [0, 0.1) is 17.3 Å². The van der Waals surface area contributed by atoms with E-state index >= 15 is 0 Å². The highest BCUT2D eigenvalue weighted by atomic mass is 35.5. The molecule has 1 N–H and O–H groups in total. The van der Waals surface area contributed by atoms with E-state index in [-0.39, 0.29) is 5.41 Å². The first-order chi connectivity index (χ1) is 13.5. The molecule has 0 radical (unpaired) electrons. The number of aryl methyl sites for hydroxylation is 1. The predicted octanol–water partition coefficient (Wildman–Crippen LogP) is 6.16. The van der Waals surface area contributed by atoms with E-state index in [1.807, 2.05) is 36.4 Å². The van der Waals surface area contributed by atoms with Crippen LogP contribution in [0.25, 0.3) is 6.08 Å². The van der Waals surface area contributed by atoms with Gasteiger partial charge in [-0.1, -0.05) is 36.7 Å². The lowest BCUT2D eigenvalue weighted by atomic mass is 9.55. The van der Waals surface area contributed by atoms with Crippen LogP contribution in [0.1, 0.15) is 55.2 Å². The molecule has 3 aliphatic carbocycles. The zero-order valence-corrected chi connectivity index (χ0v) is 16.9. The van der Waals surface area contributed by atoms with Crippen LogP contribution >= 0.6 is 11.6 Å². The third-order valence-corrected chi connectivity index (χ3v) is 7.81. The number of Topliss-reactive ketones (excluding diaryl/α,β-unsaturated/α-hetero) is 1. The van der Waals surface area contributed by atoms with Crippen molar-refractivity contribution in [3.63, 3.8) is 0 Å². The van der Waals surface area contributed by atoms with Crippen molar-refractivity contribution in [1.29, 1.82) is 0 Å². The summed E-state index contributed by atoms with van der Waals surface area (Å²) in [7, 11) is 0. The summed E-state index contributed by atoms with van der Waals surface area (Å²) in [5.74, 6) is 2.20. The van der Waals surface area contributed by atoms with E-state index < -0.39 is 0 Å². The number of aromatic hydroxyl groups is 1. The molecule has 0 aliphatic heterocycles. The van der Waals surface area contributed by atoms with Crippen LogP contribution in [-0.4, -0.2) is 10.9 Å². The van der Waals surface area contributed by atoms with Gasteiger partial charge in [0.05, 0.1) is 0 Å². The summed E-state index contributed by atoms with van der Waals surface area (Å²) < 4.78 is 0. The van der Waals surface area contributed by atoms with Crippen LogP contribution in [0.2, 0.25) is 5.02 Å². The quantitative estimate of drug-likeness (QED) is 0.589. The molecule has 0 amide bonds. The van der Waals surface area contributed by atoms with Gasteiger partial charge in [-0.2, -0.15) is 0 Å². The number of hydrogen-bond acceptors (Lipinski definition) is 2. The van der Waals surface area contributed by atoms with Crippen LogP contribution in [0.3, 0.4) is 0 Å². The van der Waals surface area contributed by atoms with Gasteiger partial charge in [0.2, 0.25) is 0 Å².